The highest BCUT2D eigenvalue weighted by atomic mass is 32.2. The summed E-state index contributed by atoms with van der Waals surface area (Å²) in [6.07, 6.45) is 0.983. The van der Waals surface area contributed by atoms with Gasteiger partial charge in [-0.05, 0) is 70.4 Å². The smallest absolute Gasteiger partial charge is 0.287 e. The zero-order valence-corrected chi connectivity index (χ0v) is 24.0. The van der Waals surface area contributed by atoms with Gasteiger partial charge in [0, 0.05) is 30.6 Å². The number of amidine groups is 1. The van der Waals surface area contributed by atoms with Gasteiger partial charge in [-0.15, -0.1) is 15.7 Å². The first-order valence-corrected chi connectivity index (χ1v) is 17.8. The van der Waals surface area contributed by atoms with Crippen molar-refractivity contribution in [1.29, 1.82) is 0 Å². The van der Waals surface area contributed by atoms with E-state index in [2.05, 4.69) is 14.4 Å². The minimum Gasteiger partial charge on any atom is -0.511 e. The van der Waals surface area contributed by atoms with Crippen LogP contribution in [0.5, 0.6) is 0 Å². The molecule has 0 spiro atoms. The van der Waals surface area contributed by atoms with Gasteiger partial charge in [0.15, 0.2) is 5.84 Å². The molecule has 2 aromatic rings. The number of thiophene rings is 1. The van der Waals surface area contributed by atoms with E-state index < -0.39 is 26.0 Å². The zero-order chi connectivity index (χ0) is 28.3. The van der Waals surface area contributed by atoms with Crippen LogP contribution in [0.1, 0.15) is 11.1 Å². The van der Waals surface area contributed by atoms with Gasteiger partial charge in [-0.25, -0.2) is 17.5 Å². The zero-order valence-electron chi connectivity index (χ0n) is 21.6. The van der Waals surface area contributed by atoms with E-state index in [1.54, 1.807) is 17.0 Å². The summed E-state index contributed by atoms with van der Waals surface area (Å²) in [5.74, 6) is 2.79. The van der Waals surface area contributed by atoms with E-state index in [1.165, 1.54) is 17.5 Å². The average molecular weight is 617 g/mol. The van der Waals surface area contributed by atoms with Crippen molar-refractivity contribution in [2.75, 3.05) is 11.6 Å². The first-order valence-electron chi connectivity index (χ1n) is 13.6. The number of benzene rings is 1. The molecule has 8 unspecified atom stereocenters. The van der Waals surface area contributed by atoms with Gasteiger partial charge >= 0.3 is 0 Å². The van der Waals surface area contributed by atoms with Gasteiger partial charge < -0.3 is 15.3 Å². The van der Waals surface area contributed by atoms with E-state index in [-0.39, 0.29) is 69.4 Å². The Morgan fingerprint density at radius 2 is 1.71 bits per heavy atom. The molecule has 214 valence electrons. The minimum atomic E-state index is -4.32. The molecule has 8 atom stereocenters. The topological polar surface area (TPSA) is 145 Å². The first-order chi connectivity index (χ1) is 19.5. The Labute approximate surface area is 239 Å². The molecule has 1 aromatic heterocycles. The van der Waals surface area contributed by atoms with Crippen molar-refractivity contribution in [2.45, 2.75) is 24.0 Å². The van der Waals surface area contributed by atoms with Gasteiger partial charge in [-0.1, -0.05) is 12.1 Å². The maximum atomic E-state index is 14.3. The molecule has 0 saturated heterocycles. The van der Waals surface area contributed by atoms with Gasteiger partial charge in [-0.3, -0.25) is 4.79 Å². The molecule has 3 N–H and O–H groups in total. The number of hydrogen-bond acceptors (Lipinski definition) is 8. The third-order valence-electron chi connectivity index (χ3n) is 10.7. The normalized spacial score (nSPS) is 39.7. The number of aliphatic hydroxyl groups is 1. The van der Waals surface area contributed by atoms with Crippen molar-refractivity contribution in [3.8, 4) is 0 Å². The lowest BCUT2D eigenvalue weighted by Crippen LogP contribution is -2.61. The number of rotatable bonds is 6. The quantitative estimate of drug-likeness (QED) is 0.452. The molecule has 8 aliphatic rings. The summed E-state index contributed by atoms with van der Waals surface area (Å²) < 4.78 is 70.0. The number of anilines is 1. The SMILES string of the molecule is CS(=O)(=O)NCc1csc2c1S(=O)(=O)N=C(C1=C(O)C3C4C5C6C7C4C7C(C56)C3N(Cc3ccc(F)cc3)C1=O)N2. The number of sulfonamides is 2. The number of carbonyl (C=O) groups excluding carboxylic acids is 1. The van der Waals surface area contributed by atoms with Crippen molar-refractivity contribution in [1.82, 2.24) is 9.62 Å². The van der Waals surface area contributed by atoms with Crippen LogP contribution in [0.25, 0.3) is 0 Å². The number of fused-ring (bicyclic) bond motifs is 1. The number of aliphatic hydroxyl groups excluding tert-OH is 1. The number of hydrogen-bond donors (Lipinski definition) is 3. The molecular formula is C27H25FN4O6S3. The van der Waals surface area contributed by atoms with Crippen LogP contribution in [-0.4, -0.2) is 50.9 Å². The van der Waals surface area contributed by atoms with Crippen molar-refractivity contribution >= 4 is 48.1 Å². The monoisotopic (exact) mass is 616 g/mol. The third kappa shape index (κ3) is 3.14. The molecule has 10 nitrogen and oxygen atoms in total. The number of amides is 1. The molecule has 1 aromatic carbocycles. The second-order valence-electron chi connectivity index (χ2n) is 12.5. The molecule has 6 saturated carbocycles. The van der Waals surface area contributed by atoms with Gasteiger partial charge in [0.25, 0.3) is 15.9 Å². The molecule has 1 amide bonds. The second-order valence-corrected chi connectivity index (χ2v) is 16.8. The lowest BCUT2D eigenvalue weighted by atomic mass is 9.59. The summed E-state index contributed by atoms with van der Waals surface area (Å²) in [6.45, 7) is -0.00893. The molecule has 3 heterocycles. The maximum absolute atomic E-state index is 14.3. The van der Waals surface area contributed by atoms with Crippen LogP contribution in [0.2, 0.25) is 0 Å². The Balaban J connectivity index is 1.13. The maximum Gasteiger partial charge on any atom is 0.287 e. The average Bonchev–Trinajstić information content (AvgIpc) is 3.68. The summed E-state index contributed by atoms with van der Waals surface area (Å²) in [5, 5.41) is 16.5. The van der Waals surface area contributed by atoms with Crippen molar-refractivity contribution in [3.63, 3.8) is 0 Å². The van der Waals surface area contributed by atoms with Crippen LogP contribution >= 0.6 is 11.3 Å². The molecule has 10 rings (SSSR count). The van der Waals surface area contributed by atoms with E-state index in [4.69, 9.17) is 0 Å². The summed E-state index contributed by atoms with van der Waals surface area (Å²) in [6, 6.07) is 5.81. The summed E-state index contributed by atoms with van der Waals surface area (Å²) in [4.78, 5) is 15.9. The fraction of sp³-hybridized carbons (Fsp3) is 0.481. The molecule has 2 aliphatic heterocycles. The highest BCUT2D eigenvalue weighted by molar-refractivity contribution is 7.91. The van der Waals surface area contributed by atoms with E-state index in [1.807, 2.05) is 0 Å². The Kier molecular flexibility index (Phi) is 4.57. The Morgan fingerprint density at radius 1 is 1.07 bits per heavy atom. The molecule has 6 aliphatic carbocycles. The molecule has 6 fully saturated rings. The molecule has 0 radical (unpaired) electrons. The lowest BCUT2D eigenvalue weighted by molar-refractivity contribution is -0.141. The van der Waals surface area contributed by atoms with Crippen LogP contribution < -0.4 is 10.0 Å². The third-order valence-corrected chi connectivity index (χ3v) is 13.9. The van der Waals surface area contributed by atoms with Crippen LogP contribution in [0.15, 0.2) is 50.3 Å². The molecule has 2 bridgehead atoms. The predicted molar refractivity (Wildman–Crippen MR) is 146 cm³/mol. The lowest BCUT2D eigenvalue weighted by Gasteiger charge is -2.54. The minimum absolute atomic E-state index is 0.0825. The van der Waals surface area contributed by atoms with Crippen molar-refractivity contribution in [2.24, 2.45) is 57.7 Å². The van der Waals surface area contributed by atoms with E-state index in [0.29, 0.717) is 41.4 Å². The van der Waals surface area contributed by atoms with Gasteiger partial charge in [-0.2, -0.15) is 8.42 Å². The second kappa shape index (κ2) is 7.57. The van der Waals surface area contributed by atoms with Crippen LogP contribution in [-0.2, 0) is 37.9 Å². The van der Waals surface area contributed by atoms with E-state index in [9.17, 15) is 31.1 Å². The number of nitrogens with one attached hydrogen (secondary N) is 2. The Morgan fingerprint density at radius 3 is 2.37 bits per heavy atom. The molecule has 14 heteroatoms. The fourth-order valence-electron chi connectivity index (χ4n) is 9.74. The van der Waals surface area contributed by atoms with Crippen LogP contribution in [0.3, 0.4) is 0 Å². The standard InChI is InChI=1S/C27H25FN4O6S3/c1-40(35,36)29-6-10-8-39-26-24(10)41(37,38)31-25(30-26)21-23(33)20-18-14-12-13-15(18)17(13)19(16(12)14)22(20)32(27(21)34)7-9-2-4-11(28)5-3-9/h2-5,8,12-20,22,29,33H,6-7H2,1H3,(H,30,31). The highest BCUT2D eigenvalue weighted by Gasteiger charge is 2.92. The highest BCUT2D eigenvalue weighted by Crippen LogP contribution is 2.93. The fourth-order valence-corrected chi connectivity index (χ4v) is 12.8. The number of carbonyl (C=O) groups is 1. The number of halogens is 1. The van der Waals surface area contributed by atoms with Crippen molar-refractivity contribution < 1.29 is 31.1 Å². The summed E-state index contributed by atoms with van der Waals surface area (Å²) >= 11 is 1.06. The summed E-state index contributed by atoms with van der Waals surface area (Å²) in [5.41, 5.74) is 0.857. The Hall–Kier alpha value is -2.81. The van der Waals surface area contributed by atoms with E-state index >= 15 is 0 Å². The molecular weight excluding hydrogens is 592 g/mol. The van der Waals surface area contributed by atoms with Gasteiger partial charge in [0.05, 0.1) is 6.26 Å². The predicted octanol–water partition coefficient (Wildman–Crippen LogP) is 2.29. The number of nitrogens with zero attached hydrogens (tertiary/aromatic N) is 2. The van der Waals surface area contributed by atoms with E-state index in [0.717, 1.165) is 23.2 Å². The van der Waals surface area contributed by atoms with Crippen molar-refractivity contribution in [3.05, 3.63) is 57.9 Å². The Bertz CT molecular complexity index is 1850. The van der Waals surface area contributed by atoms with Gasteiger partial charge in [0.2, 0.25) is 10.0 Å². The van der Waals surface area contributed by atoms with Gasteiger partial charge in [0.1, 0.15) is 27.0 Å². The van der Waals surface area contributed by atoms with Crippen LogP contribution in [0.4, 0.5) is 9.39 Å². The van der Waals surface area contributed by atoms with Crippen LogP contribution in [0, 0.1) is 59.1 Å². The largest absolute Gasteiger partial charge is 0.511 e. The molecule has 41 heavy (non-hydrogen) atoms. The summed E-state index contributed by atoms with van der Waals surface area (Å²) in [7, 11) is -7.89. The first kappa shape index (κ1) is 24.8.